The van der Waals surface area contributed by atoms with E-state index in [0.29, 0.717) is 23.5 Å². The Morgan fingerprint density at radius 2 is 2.12 bits per heavy atom. The molecule has 8 heteroatoms. The first-order chi connectivity index (χ1) is 11.5. The number of carbonyl (C=O) groups is 1. The Hall–Kier alpha value is -2.79. The lowest BCUT2D eigenvalue weighted by Gasteiger charge is -2.28. The summed E-state index contributed by atoms with van der Waals surface area (Å²) in [7, 11) is 1.54. The number of hydrogen-bond donors (Lipinski definition) is 2. The van der Waals surface area contributed by atoms with Crippen molar-refractivity contribution < 1.29 is 4.79 Å². The summed E-state index contributed by atoms with van der Waals surface area (Å²) in [6.45, 7) is 5.43. The van der Waals surface area contributed by atoms with Gasteiger partial charge in [0.05, 0.1) is 12.1 Å². The Labute approximate surface area is 139 Å². The molecule has 0 aliphatic carbocycles. The zero-order valence-electron chi connectivity index (χ0n) is 13.8. The van der Waals surface area contributed by atoms with Gasteiger partial charge in [-0.3, -0.25) is 14.2 Å². The molecule has 1 aliphatic heterocycles. The number of pyridine rings is 1. The van der Waals surface area contributed by atoms with Crippen LogP contribution in [0.25, 0.3) is 11.0 Å². The number of amides is 1. The summed E-state index contributed by atoms with van der Waals surface area (Å²) in [4.78, 5) is 31.0. The van der Waals surface area contributed by atoms with Gasteiger partial charge in [0.2, 0.25) is 5.95 Å². The van der Waals surface area contributed by atoms with Crippen LogP contribution < -0.4 is 21.5 Å². The van der Waals surface area contributed by atoms with Gasteiger partial charge in [-0.1, -0.05) is 5.92 Å². The zero-order chi connectivity index (χ0) is 17.3. The SMILES string of the molecule is CC#CCn1c(N2CCNCC2)nc2cc(C(N)=O)n(C)c(=O)c21. The van der Waals surface area contributed by atoms with E-state index in [9.17, 15) is 9.59 Å². The number of carbonyl (C=O) groups excluding carboxylic acids is 1. The number of nitrogens with two attached hydrogens (primary N) is 1. The van der Waals surface area contributed by atoms with Gasteiger partial charge in [-0.15, -0.1) is 5.92 Å². The molecule has 8 nitrogen and oxygen atoms in total. The second-order valence-electron chi connectivity index (χ2n) is 5.65. The number of hydrogen-bond acceptors (Lipinski definition) is 5. The molecule has 3 rings (SSSR count). The van der Waals surface area contributed by atoms with Crippen LogP contribution in [-0.4, -0.2) is 46.2 Å². The molecule has 2 aromatic heterocycles. The third-order valence-electron chi connectivity index (χ3n) is 4.18. The van der Waals surface area contributed by atoms with Gasteiger partial charge in [0.25, 0.3) is 11.5 Å². The Morgan fingerprint density at radius 3 is 2.75 bits per heavy atom. The fourth-order valence-corrected chi connectivity index (χ4v) is 2.93. The molecule has 0 atom stereocenters. The van der Waals surface area contributed by atoms with Gasteiger partial charge < -0.3 is 20.5 Å². The van der Waals surface area contributed by atoms with E-state index < -0.39 is 5.91 Å². The van der Waals surface area contributed by atoms with Crippen molar-refractivity contribution >= 4 is 22.9 Å². The monoisotopic (exact) mass is 328 g/mol. The molecule has 0 radical (unpaired) electrons. The van der Waals surface area contributed by atoms with E-state index in [2.05, 4.69) is 27.0 Å². The van der Waals surface area contributed by atoms with Gasteiger partial charge >= 0.3 is 0 Å². The number of piperazine rings is 1. The molecule has 1 amide bonds. The quantitative estimate of drug-likeness (QED) is 0.724. The lowest BCUT2D eigenvalue weighted by Crippen LogP contribution is -2.44. The molecule has 1 fully saturated rings. The summed E-state index contributed by atoms with van der Waals surface area (Å²) in [5, 5.41) is 3.29. The standard InChI is InChI=1S/C16H20N6O2/c1-3-4-7-22-13-11(10-12(14(17)23)20(2)15(13)24)19-16(22)21-8-5-18-6-9-21/h10,18H,5-9H2,1-2H3,(H2,17,23). The van der Waals surface area contributed by atoms with E-state index >= 15 is 0 Å². The maximum atomic E-state index is 12.7. The molecule has 0 spiro atoms. The summed E-state index contributed by atoms with van der Waals surface area (Å²) in [6, 6.07) is 1.57. The predicted octanol–water partition coefficient (Wildman–Crippen LogP) is -0.733. The average Bonchev–Trinajstić information content (AvgIpc) is 2.95. The zero-order valence-corrected chi connectivity index (χ0v) is 13.8. The van der Waals surface area contributed by atoms with E-state index in [1.807, 2.05) is 4.57 Å². The van der Waals surface area contributed by atoms with Crippen LogP contribution in [0, 0.1) is 11.8 Å². The fraction of sp³-hybridized carbons (Fsp3) is 0.438. The summed E-state index contributed by atoms with van der Waals surface area (Å²) in [5.74, 6) is 5.90. The highest BCUT2D eigenvalue weighted by Gasteiger charge is 2.22. The lowest BCUT2D eigenvalue weighted by atomic mass is 10.3. The Kier molecular flexibility index (Phi) is 4.27. The number of primary amides is 1. The van der Waals surface area contributed by atoms with Crippen molar-refractivity contribution in [1.29, 1.82) is 0 Å². The largest absolute Gasteiger partial charge is 0.364 e. The van der Waals surface area contributed by atoms with E-state index in [0.717, 1.165) is 26.2 Å². The minimum atomic E-state index is -0.650. The van der Waals surface area contributed by atoms with Crippen molar-refractivity contribution in [2.45, 2.75) is 13.5 Å². The number of aromatic nitrogens is 3. The van der Waals surface area contributed by atoms with E-state index in [-0.39, 0.29) is 11.3 Å². The second kappa shape index (κ2) is 6.37. The first kappa shape index (κ1) is 16.1. The number of anilines is 1. The van der Waals surface area contributed by atoms with Crippen molar-refractivity contribution in [2.75, 3.05) is 31.1 Å². The van der Waals surface area contributed by atoms with Crippen LogP contribution in [0.4, 0.5) is 5.95 Å². The normalized spacial score (nSPS) is 14.5. The number of nitrogens with zero attached hydrogens (tertiary/aromatic N) is 4. The second-order valence-corrected chi connectivity index (χ2v) is 5.65. The first-order valence-electron chi connectivity index (χ1n) is 7.80. The summed E-state index contributed by atoms with van der Waals surface area (Å²) in [6.07, 6.45) is 0. The van der Waals surface area contributed by atoms with Gasteiger partial charge in [0.1, 0.15) is 11.2 Å². The van der Waals surface area contributed by atoms with Gasteiger partial charge in [0.15, 0.2) is 0 Å². The van der Waals surface area contributed by atoms with Crippen molar-refractivity contribution in [3.05, 3.63) is 22.1 Å². The van der Waals surface area contributed by atoms with E-state index in [4.69, 9.17) is 5.73 Å². The van der Waals surface area contributed by atoms with Crippen LogP contribution in [0.3, 0.4) is 0 Å². The smallest absolute Gasteiger partial charge is 0.277 e. The maximum Gasteiger partial charge on any atom is 0.277 e. The molecule has 1 aliphatic rings. The first-order valence-corrected chi connectivity index (χ1v) is 7.80. The molecule has 2 aromatic rings. The number of imidazole rings is 1. The van der Waals surface area contributed by atoms with Gasteiger partial charge in [-0.05, 0) is 13.0 Å². The van der Waals surface area contributed by atoms with Crippen molar-refractivity contribution in [2.24, 2.45) is 12.8 Å². The number of rotatable bonds is 3. The highest BCUT2D eigenvalue weighted by molar-refractivity contribution is 5.94. The van der Waals surface area contributed by atoms with Crippen LogP contribution in [0.5, 0.6) is 0 Å². The average molecular weight is 328 g/mol. The molecular formula is C16H20N6O2. The van der Waals surface area contributed by atoms with Gasteiger partial charge in [0, 0.05) is 33.2 Å². The van der Waals surface area contributed by atoms with Crippen molar-refractivity contribution in [1.82, 2.24) is 19.4 Å². The summed E-state index contributed by atoms with van der Waals surface area (Å²) >= 11 is 0. The molecule has 126 valence electrons. The Morgan fingerprint density at radius 1 is 1.42 bits per heavy atom. The third kappa shape index (κ3) is 2.63. The summed E-state index contributed by atoms with van der Waals surface area (Å²) in [5.41, 5.74) is 6.13. The molecule has 0 saturated carbocycles. The minimum Gasteiger partial charge on any atom is -0.364 e. The number of fused-ring (bicyclic) bond motifs is 1. The van der Waals surface area contributed by atoms with Gasteiger partial charge in [-0.2, -0.15) is 0 Å². The van der Waals surface area contributed by atoms with Crippen molar-refractivity contribution in [3.8, 4) is 11.8 Å². The molecule has 0 bridgehead atoms. The fourth-order valence-electron chi connectivity index (χ4n) is 2.93. The Bertz CT molecular complexity index is 909. The highest BCUT2D eigenvalue weighted by Crippen LogP contribution is 2.21. The van der Waals surface area contributed by atoms with Crippen LogP contribution in [0.1, 0.15) is 17.4 Å². The lowest BCUT2D eigenvalue weighted by molar-refractivity contribution is 0.0991. The molecule has 3 N–H and O–H groups in total. The molecule has 24 heavy (non-hydrogen) atoms. The molecular weight excluding hydrogens is 308 g/mol. The minimum absolute atomic E-state index is 0.144. The predicted molar refractivity (Wildman–Crippen MR) is 92.0 cm³/mol. The third-order valence-corrected chi connectivity index (χ3v) is 4.18. The maximum absolute atomic E-state index is 12.7. The van der Waals surface area contributed by atoms with Gasteiger partial charge in [-0.25, -0.2) is 4.98 Å². The highest BCUT2D eigenvalue weighted by atomic mass is 16.2. The Balaban J connectivity index is 2.26. The summed E-state index contributed by atoms with van der Waals surface area (Å²) < 4.78 is 3.09. The van der Waals surface area contributed by atoms with Crippen LogP contribution in [0.15, 0.2) is 10.9 Å². The van der Waals surface area contributed by atoms with E-state index in [1.54, 1.807) is 13.0 Å². The number of nitrogens with one attached hydrogen (secondary N) is 1. The topological polar surface area (TPSA) is 98.2 Å². The molecule has 3 heterocycles. The van der Waals surface area contributed by atoms with Crippen LogP contribution in [-0.2, 0) is 13.6 Å². The van der Waals surface area contributed by atoms with E-state index in [1.165, 1.54) is 11.6 Å². The van der Waals surface area contributed by atoms with Crippen LogP contribution >= 0.6 is 0 Å². The van der Waals surface area contributed by atoms with Crippen LogP contribution in [0.2, 0.25) is 0 Å². The molecule has 1 saturated heterocycles. The molecule has 0 aromatic carbocycles. The van der Waals surface area contributed by atoms with Crippen molar-refractivity contribution in [3.63, 3.8) is 0 Å². The molecule has 0 unspecified atom stereocenters.